The van der Waals surface area contributed by atoms with Gasteiger partial charge in [0.05, 0.1) is 9.47 Å². The van der Waals surface area contributed by atoms with Crippen molar-refractivity contribution in [1.29, 1.82) is 0 Å². The summed E-state index contributed by atoms with van der Waals surface area (Å²) in [6.45, 7) is 0.621. The Morgan fingerprint density at radius 2 is 2.00 bits per heavy atom. The Balaban J connectivity index is 2.05. The molecule has 84 valence electrons. The van der Waals surface area contributed by atoms with Crippen molar-refractivity contribution in [3.63, 3.8) is 0 Å². The minimum Gasteiger partial charge on any atom is -0.378 e. The average Bonchev–Trinajstić information content (AvgIpc) is 2.57. The first-order valence-electron chi connectivity index (χ1n) is 4.59. The van der Waals surface area contributed by atoms with Crippen LogP contribution in [0.1, 0.15) is 4.88 Å². The molecule has 0 fully saturated rings. The molecule has 0 saturated carbocycles. The van der Waals surface area contributed by atoms with E-state index < -0.39 is 0 Å². The van der Waals surface area contributed by atoms with Gasteiger partial charge in [-0.25, -0.2) is 4.39 Å². The number of anilines is 1. The topological polar surface area (TPSA) is 12.0 Å². The van der Waals surface area contributed by atoms with Gasteiger partial charge in [0.2, 0.25) is 0 Å². The fourth-order valence-corrected chi connectivity index (χ4v) is 3.38. The third-order valence-corrected chi connectivity index (χ3v) is 5.28. The Labute approximate surface area is 114 Å². The zero-order valence-corrected chi connectivity index (χ0v) is 12.1. The van der Waals surface area contributed by atoms with Crippen molar-refractivity contribution in [2.75, 3.05) is 5.32 Å². The molecule has 1 aromatic heterocycles. The molecule has 5 heteroatoms. The third-order valence-electron chi connectivity index (χ3n) is 2.02. The molecular weight excluding hydrogens is 357 g/mol. The van der Waals surface area contributed by atoms with Gasteiger partial charge in [-0.3, -0.25) is 0 Å². The van der Waals surface area contributed by atoms with Crippen LogP contribution in [0.3, 0.4) is 0 Å². The number of hydrogen-bond acceptors (Lipinski definition) is 2. The Hall–Kier alpha value is -0.390. The van der Waals surface area contributed by atoms with E-state index in [4.69, 9.17) is 0 Å². The molecule has 1 aromatic carbocycles. The van der Waals surface area contributed by atoms with E-state index in [0.29, 0.717) is 12.2 Å². The van der Waals surface area contributed by atoms with E-state index in [1.165, 1.54) is 6.07 Å². The van der Waals surface area contributed by atoms with E-state index >= 15 is 0 Å². The molecule has 16 heavy (non-hydrogen) atoms. The maximum absolute atomic E-state index is 13.3. The second-order valence-electron chi connectivity index (χ2n) is 3.17. The Morgan fingerprint density at radius 1 is 1.25 bits per heavy atom. The number of rotatable bonds is 3. The fourth-order valence-electron chi connectivity index (χ4n) is 1.27. The molecule has 0 unspecified atom stereocenters. The number of halogens is 3. The molecule has 0 aliphatic heterocycles. The van der Waals surface area contributed by atoms with Crippen molar-refractivity contribution >= 4 is 48.9 Å². The summed E-state index contributed by atoms with van der Waals surface area (Å²) in [6.07, 6.45) is 0. The SMILES string of the molecule is Fc1ccccc1NCc1cc(Br)c(Br)s1. The second-order valence-corrected chi connectivity index (χ2v) is 6.48. The smallest absolute Gasteiger partial charge is 0.146 e. The highest BCUT2D eigenvalue weighted by molar-refractivity contribution is 9.13. The summed E-state index contributed by atoms with van der Waals surface area (Å²) < 4.78 is 15.4. The van der Waals surface area contributed by atoms with Gasteiger partial charge in [0, 0.05) is 15.9 Å². The lowest BCUT2D eigenvalue weighted by Crippen LogP contribution is -1.99. The Kier molecular flexibility index (Phi) is 4.00. The summed E-state index contributed by atoms with van der Waals surface area (Å²) in [5, 5.41) is 3.06. The van der Waals surface area contributed by atoms with Crippen molar-refractivity contribution in [3.8, 4) is 0 Å². The van der Waals surface area contributed by atoms with Crippen LogP contribution in [0.15, 0.2) is 38.6 Å². The fraction of sp³-hybridized carbons (Fsp3) is 0.0909. The van der Waals surface area contributed by atoms with Gasteiger partial charge >= 0.3 is 0 Å². The van der Waals surface area contributed by atoms with E-state index in [2.05, 4.69) is 37.2 Å². The monoisotopic (exact) mass is 363 g/mol. The van der Waals surface area contributed by atoms with Gasteiger partial charge in [0.15, 0.2) is 0 Å². The first kappa shape index (κ1) is 12.1. The maximum Gasteiger partial charge on any atom is 0.146 e. The van der Waals surface area contributed by atoms with Crippen LogP contribution in [0, 0.1) is 5.82 Å². The molecule has 1 nitrogen and oxygen atoms in total. The van der Waals surface area contributed by atoms with E-state index in [-0.39, 0.29) is 5.82 Å². The van der Waals surface area contributed by atoms with Crippen molar-refractivity contribution in [2.24, 2.45) is 0 Å². The Bertz CT molecular complexity index is 479. The normalized spacial score (nSPS) is 10.4. The van der Waals surface area contributed by atoms with E-state index in [9.17, 15) is 4.39 Å². The number of thiophene rings is 1. The van der Waals surface area contributed by atoms with Gasteiger partial charge in [-0.05, 0) is 50.1 Å². The van der Waals surface area contributed by atoms with Crippen molar-refractivity contribution in [1.82, 2.24) is 0 Å². The van der Waals surface area contributed by atoms with Crippen LogP contribution in [0.4, 0.5) is 10.1 Å². The molecule has 0 aliphatic carbocycles. The summed E-state index contributed by atoms with van der Waals surface area (Å²) in [6, 6.07) is 8.68. The first-order chi connectivity index (χ1) is 7.66. The van der Waals surface area contributed by atoms with Crippen LogP contribution < -0.4 is 5.32 Å². The van der Waals surface area contributed by atoms with Crippen LogP contribution in [0.25, 0.3) is 0 Å². The van der Waals surface area contributed by atoms with Gasteiger partial charge < -0.3 is 5.32 Å². The van der Waals surface area contributed by atoms with Gasteiger partial charge in [-0.15, -0.1) is 11.3 Å². The van der Waals surface area contributed by atoms with E-state index in [1.807, 2.05) is 12.1 Å². The molecule has 2 rings (SSSR count). The van der Waals surface area contributed by atoms with Crippen molar-refractivity contribution in [2.45, 2.75) is 6.54 Å². The minimum absolute atomic E-state index is 0.225. The van der Waals surface area contributed by atoms with Crippen LogP contribution in [0.5, 0.6) is 0 Å². The lowest BCUT2D eigenvalue weighted by atomic mass is 10.3. The molecule has 0 radical (unpaired) electrons. The molecule has 0 bridgehead atoms. The minimum atomic E-state index is -0.225. The standard InChI is InChI=1S/C11H8Br2FNS/c12-8-5-7(16-11(8)13)6-15-10-4-2-1-3-9(10)14/h1-5,15H,6H2. The lowest BCUT2D eigenvalue weighted by Gasteiger charge is -2.05. The summed E-state index contributed by atoms with van der Waals surface area (Å²) in [4.78, 5) is 1.14. The molecule has 1 N–H and O–H groups in total. The maximum atomic E-state index is 13.3. The molecule has 2 aromatic rings. The molecule has 0 saturated heterocycles. The summed E-state index contributed by atoms with van der Waals surface area (Å²) in [5.41, 5.74) is 0.531. The zero-order chi connectivity index (χ0) is 11.5. The second kappa shape index (κ2) is 5.29. The molecular formula is C11H8Br2FNS. The average molecular weight is 365 g/mol. The largest absolute Gasteiger partial charge is 0.378 e. The first-order valence-corrected chi connectivity index (χ1v) is 6.99. The summed E-state index contributed by atoms with van der Waals surface area (Å²) >= 11 is 8.47. The van der Waals surface area contributed by atoms with Gasteiger partial charge in [0.25, 0.3) is 0 Å². The highest BCUT2D eigenvalue weighted by Gasteiger charge is 2.05. The number of para-hydroxylation sites is 1. The van der Waals surface area contributed by atoms with Crippen molar-refractivity contribution in [3.05, 3.63) is 49.3 Å². The zero-order valence-electron chi connectivity index (χ0n) is 8.14. The third kappa shape index (κ3) is 2.84. The number of hydrogen-bond donors (Lipinski definition) is 1. The molecule has 1 heterocycles. The summed E-state index contributed by atoms with van der Waals surface area (Å²) in [5.74, 6) is -0.225. The lowest BCUT2D eigenvalue weighted by molar-refractivity contribution is 0.630. The van der Waals surface area contributed by atoms with Gasteiger partial charge in [0.1, 0.15) is 5.82 Å². The van der Waals surface area contributed by atoms with Crippen LogP contribution in [0.2, 0.25) is 0 Å². The highest BCUT2D eigenvalue weighted by atomic mass is 79.9. The predicted octanol–water partition coefficient (Wildman–Crippen LogP) is 5.02. The van der Waals surface area contributed by atoms with Gasteiger partial charge in [-0.2, -0.15) is 0 Å². The van der Waals surface area contributed by atoms with E-state index in [0.717, 1.165) is 13.1 Å². The molecule has 0 spiro atoms. The summed E-state index contributed by atoms with van der Waals surface area (Å²) in [7, 11) is 0. The van der Waals surface area contributed by atoms with Crippen LogP contribution >= 0.6 is 43.2 Å². The van der Waals surface area contributed by atoms with Crippen LogP contribution in [-0.2, 0) is 6.54 Å². The van der Waals surface area contributed by atoms with Gasteiger partial charge in [-0.1, -0.05) is 12.1 Å². The number of nitrogens with one attached hydrogen (secondary N) is 1. The van der Waals surface area contributed by atoms with E-state index in [1.54, 1.807) is 23.5 Å². The van der Waals surface area contributed by atoms with Crippen LogP contribution in [-0.4, -0.2) is 0 Å². The van der Waals surface area contributed by atoms with Crippen molar-refractivity contribution < 1.29 is 4.39 Å². The predicted molar refractivity (Wildman–Crippen MR) is 73.4 cm³/mol. The number of benzene rings is 1. The Morgan fingerprint density at radius 3 is 2.62 bits per heavy atom. The molecule has 0 amide bonds. The quantitative estimate of drug-likeness (QED) is 0.805. The molecule has 0 aliphatic rings. The highest BCUT2D eigenvalue weighted by Crippen LogP contribution is 2.32. The molecule has 0 atom stereocenters.